The Morgan fingerprint density at radius 3 is 2.54 bits per heavy atom. The number of nitrogens with one attached hydrogen (secondary N) is 1. The number of fused-ring (bicyclic) bond motifs is 1. The molecule has 0 unspecified atom stereocenters. The number of aryl methyl sites for hydroxylation is 1. The smallest absolute Gasteiger partial charge is 0.494 e. The van der Waals surface area contributed by atoms with E-state index in [0.29, 0.717) is 29.2 Å². The summed E-state index contributed by atoms with van der Waals surface area (Å²) in [6.07, 6.45) is 3.51. The van der Waals surface area contributed by atoms with Crippen molar-refractivity contribution in [3.05, 3.63) is 53.4 Å². The molecular weight excluding hydrogens is 550 g/mol. The Hall–Kier alpha value is -4.15. The maximum atomic E-state index is 15.0. The molecular formula is C22H23F4N7O5S. The van der Waals surface area contributed by atoms with Gasteiger partial charge in [-0.05, 0) is 24.1 Å². The molecule has 3 heterocycles. The number of nitrogens with zero attached hydrogens (tertiary/aromatic N) is 6. The first-order chi connectivity index (χ1) is 18.4. The van der Waals surface area contributed by atoms with Crippen LogP contribution in [-0.4, -0.2) is 71.8 Å². The zero-order valence-corrected chi connectivity index (χ0v) is 21.7. The minimum Gasteiger partial charge on any atom is -0.494 e. The monoisotopic (exact) mass is 573 g/mol. The SMILES string of the molecule is CCc1nc2ncc(OC)cn2c1C(=O)NCc1ccc(N2CCN(S(=O)(=O)C(F)(F)F)C(OC)=N2)c(F)c1. The third kappa shape index (κ3) is 5.25. The fourth-order valence-corrected chi connectivity index (χ4v) is 4.73. The van der Waals surface area contributed by atoms with Gasteiger partial charge >= 0.3 is 21.6 Å². The van der Waals surface area contributed by atoms with Gasteiger partial charge < -0.3 is 14.8 Å². The second-order valence-corrected chi connectivity index (χ2v) is 9.98. The lowest BCUT2D eigenvalue weighted by Crippen LogP contribution is -2.51. The molecule has 3 aromatic rings. The number of hydrogen-bond acceptors (Lipinski definition) is 9. The number of halogens is 4. The van der Waals surface area contributed by atoms with E-state index in [1.807, 2.05) is 6.92 Å². The Labute approximate surface area is 219 Å². The Morgan fingerprint density at radius 2 is 1.92 bits per heavy atom. The number of alkyl halides is 3. The van der Waals surface area contributed by atoms with Gasteiger partial charge in [-0.2, -0.15) is 21.6 Å². The highest BCUT2D eigenvalue weighted by Gasteiger charge is 2.52. The van der Waals surface area contributed by atoms with Crippen LogP contribution in [0.1, 0.15) is 28.7 Å². The highest BCUT2D eigenvalue weighted by molar-refractivity contribution is 7.90. The molecule has 1 aliphatic heterocycles. The first-order valence-corrected chi connectivity index (χ1v) is 12.8. The van der Waals surface area contributed by atoms with Gasteiger partial charge in [-0.15, -0.1) is 5.10 Å². The van der Waals surface area contributed by atoms with Crippen molar-refractivity contribution in [1.29, 1.82) is 0 Å². The minimum absolute atomic E-state index is 0.0267. The average Bonchev–Trinajstić information content (AvgIpc) is 3.28. The summed E-state index contributed by atoms with van der Waals surface area (Å²) >= 11 is 0. The van der Waals surface area contributed by atoms with Crippen LogP contribution in [0.4, 0.5) is 23.2 Å². The first-order valence-electron chi connectivity index (χ1n) is 11.4. The predicted molar refractivity (Wildman–Crippen MR) is 130 cm³/mol. The summed E-state index contributed by atoms with van der Waals surface area (Å²) < 4.78 is 88.8. The number of ether oxygens (including phenoxy) is 2. The van der Waals surface area contributed by atoms with Gasteiger partial charge in [0.05, 0.1) is 51.1 Å². The summed E-state index contributed by atoms with van der Waals surface area (Å²) in [6.45, 7) is 0.721. The molecule has 1 aliphatic rings. The molecule has 1 N–H and O–H groups in total. The number of rotatable bonds is 7. The van der Waals surface area contributed by atoms with Gasteiger partial charge in [-0.1, -0.05) is 13.0 Å². The van der Waals surface area contributed by atoms with Crippen LogP contribution in [0, 0.1) is 5.82 Å². The number of amidine groups is 1. The Balaban J connectivity index is 1.52. The summed E-state index contributed by atoms with van der Waals surface area (Å²) in [5.74, 6) is -0.543. The molecule has 0 atom stereocenters. The van der Waals surface area contributed by atoms with Crippen LogP contribution in [0.3, 0.4) is 0 Å². The number of carbonyl (C=O) groups excluding carboxylic acids is 1. The molecule has 0 radical (unpaired) electrons. The van der Waals surface area contributed by atoms with E-state index in [2.05, 4.69) is 20.4 Å². The van der Waals surface area contributed by atoms with Crippen molar-refractivity contribution < 1.29 is 40.2 Å². The number of carbonyl (C=O) groups is 1. The van der Waals surface area contributed by atoms with Gasteiger partial charge in [0.25, 0.3) is 5.91 Å². The number of amides is 1. The zero-order valence-electron chi connectivity index (χ0n) is 20.9. The van der Waals surface area contributed by atoms with Gasteiger partial charge in [-0.3, -0.25) is 14.2 Å². The number of anilines is 1. The lowest BCUT2D eigenvalue weighted by atomic mass is 10.1. The zero-order chi connectivity index (χ0) is 28.5. The number of hydrazone groups is 1. The number of imidazole rings is 1. The van der Waals surface area contributed by atoms with Crippen molar-refractivity contribution in [2.24, 2.45) is 5.10 Å². The van der Waals surface area contributed by atoms with Gasteiger partial charge in [-0.25, -0.2) is 18.7 Å². The minimum atomic E-state index is -5.74. The Bertz CT molecular complexity index is 1540. The highest BCUT2D eigenvalue weighted by atomic mass is 32.2. The molecule has 1 aromatic carbocycles. The largest absolute Gasteiger partial charge is 0.516 e. The van der Waals surface area contributed by atoms with Gasteiger partial charge in [0, 0.05) is 6.54 Å². The van der Waals surface area contributed by atoms with E-state index in [0.717, 1.165) is 18.2 Å². The molecule has 0 fully saturated rings. The van der Waals surface area contributed by atoms with Gasteiger partial charge in [0.1, 0.15) is 11.5 Å². The number of sulfonamides is 1. The van der Waals surface area contributed by atoms with Crippen LogP contribution in [0.25, 0.3) is 5.78 Å². The molecule has 210 valence electrons. The standard InChI is InChI=1S/C22H23F4N7O5S/c1-4-16-18(31-12-14(37-2)11-28-20(31)29-16)19(34)27-10-13-5-6-17(15(23)9-13)32-7-8-33(21(30-32)38-3)39(35,36)22(24,25)26/h5-6,9,11-12H,4,7-8,10H2,1-3H3,(H,27,34). The molecule has 12 nitrogen and oxygen atoms in total. The summed E-state index contributed by atoms with van der Waals surface area (Å²) in [4.78, 5) is 21.5. The highest BCUT2D eigenvalue weighted by Crippen LogP contribution is 2.30. The Morgan fingerprint density at radius 1 is 1.18 bits per heavy atom. The summed E-state index contributed by atoms with van der Waals surface area (Å²) in [7, 11) is -3.33. The third-order valence-electron chi connectivity index (χ3n) is 5.76. The molecule has 1 amide bonds. The maximum Gasteiger partial charge on any atom is 0.516 e. The van der Waals surface area contributed by atoms with E-state index in [1.54, 1.807) is 6.20 Å². The van der Waals surface area contributed by atoms with Crippen LogP contribution < -0.4 is 15.1 Å². The van der Waals surface area contributed by atoms with E-state index in [1.165, 1.54) is 29.8 Å². The molecule has 0 saturated carbocycles. The quantitative estimate of drug-likeness (QED) is 0.426. The number of methoxy groups -OCH3 is 2. The second kappa shape index (κ2) is 10.5. The Kier molecular flexibility index (Phi) is 7.54. The average molecular weight is 574 g/mol. The summed E-state index contributed by atoms with van der Waals surface area (Å²) in [5.41, 5.74) is -4.55. The van der Waals surface area contributed by atoms with E-state index in [9.17, 15) is 30.8 Å². The number of hydrogen-bond donors (Lipinski definition) is 1. The van der Waals surface area contributed by atoms with Crippen molar-refractivity contribution in [3.8, 4) is 5.75 Å². The third-order valence-corrected chi connectivity index (χ3v) is 7.26. The summed E-state index contributed by atoms with van der Waals surface area (Å²) in [6, 6.07) is 3.05. The van der Waals surface area contributed by atoms with Crippen LogP contribution in [0.15, 0.2) is 35.7 Å². The van der Waals surface area contributed by atoms with Crippen molar-refractivity contribution in [2.75, 3.05) is 32.3 Å². The van der Waals surface area contributed by atoms with Crippen molar-refractivity contribution in [2.45, 2.75) is 25.4 Å². The molecule has 0 aliphatic carbocycles. The van der Waals surface area contributed by atoms with E-state index in [4.69, 9.17) is 9.47 Å². The maximum absolute atomic E-state index is 15.0. The van der Waals surface area contributed by atoms with Crippen molar-refractivity contribution in [3.63, 3.8) is 0 Å². The normalized spacial score (nSPS) is 14.4. The lowest BCUT2D eigenvalue weighted by Gasteiger charge is -2.32. The predicted octanol–water partition coefficient (Wildman–Crippen LogP) is 2.26. The van der Waals surface area contributed by atoms with Crippen LogP contribution in [-0.2, 0) is 27.7 Å². The molecule has 0 saturated heterocycles. The van der Waals surface area contributed by atoms with Gasteiger partial charge in [0.2, 0.25) is 5.78 Å². The van der Waals surface area contributed by atoms with Crippen LogP contribution >= 0.6 is 0 Å². The molecule has 39 heavy (non-hydrogen) atoms. The number of aromatic nitrogens is 3. The summed E-state index contributed by atoms with van der Waals surface area (Å²) in [5, 5.41) is 7.43. The molecule has 4 rings (SSSR count). The second-order valence-electron chi connectivity index (χ2n) is 8.13. The van der Waals surface area contributed by atoms with E-state index < -0.39 is 39.8 Å². The van der Waals surface area contributed by atoms with E-state index in [-0.39, 0.29) is 28.8 Å². The molecule has 17 heteroatoms. The van der Waals surface area contributed by atoms with Crippen molar-refractivity contribution >= 4 is 33.4 Å². The van der Waals surface area contributed by atoms with E-state index >= 15 is 0 Å². The van der Waals surface area contributed by atoms with Crippen LogP contribution in [0.2, 0.25) is 0 Å². The molecule has 2 aromatic heterocycles. The fraction of sp³-hybridized carbons (Fsp3) is 0.364. The first kappa shape index (κ1) is 27.9. The molecule has 0 spiro atoms. The van der Waals surface area contributed by atoms with Crippen LogP contribution in [0.5, 0.6) is 5.75 Å². The number of benzene rings is 1. The lowest BCUT2D eigenvalue weighted by molar-refractivity contribution is -0.0477. The van der Waals surface area contributed by atoms with Gasteiger partial charge in [0.15, 0.2) is 5.75 Å². The fourth-order valence-electron chi connectivity index (χ4n) is 3.84. The topological polar surface area (TPSA) is 131 Å². The molecule has 0 bridgehead atoms. The van der Waals surface area contributed by atoms with Crippen molar-refractivity contribution in [1.82, 2.24) is 24.0 Å².